The van der Waals surface area contributed by atoms with Crippen molar-refractivity contribution < 1.29 is 27.9 Å². The van der Waals surface area contributed by atoms with Crippen LogP contribution in [0.25, 0.3) is 0 Å². The fourth-order valence-corrected chi connectivity index (χ4v) is 2.75. The molecule has 1 amide bonds. The van der Waals surface area contributed by atoms with Crippen LogP contribution in [0.4, 0.5) is 0 Å². The molecular weight excluding hydrogens is 336 g/mol. The number of benzene rings is 1. The molecule has 0 heterocycles. The molecule has 0 fully saturated rings. The first-order valence-electron chi connectivity index (χ1n) is 7.31. The molecule has 2 N–H and O–H groups in total. The average Bonchev–Trinajstić information content (AvgIpc) is 2.56. The summed E-state index contributed by atoms with van der Waals surface area (Å²) in [5, 5.41) is 8.85. The first-order valence-corrected chi connectivity index (χ1v) is 8.79. The van der Waals surface area contributed by atoms with Gasteiger partial charge in [-0.15, -0.1) is 0 Å². The largest absolute Gasteiger partial charge is 0.480 e. The number of carbonyl (C=O) groups excluding carboxylic acids is 1. The molecule has 0 aliphatic carbocycles. The predicted molar refractivity (Wildman–Crippen MR) is 87.1 cm³/mol. The van der Waals surface area contributed by atoms with Gasteiger partial charge in [-0.3, -0.25) is 9.59 Å². The van der Waals surface area contributed by atoms with Gasteiger partial charge in [-0.25, -0.2) is 13.1 Å². The number of aryl methyl sites for hydroxylation is 1. The molecule has 0 bridgehead atoms. The summed E-state index contributed by atoms with van der Waals surface area (Å²) in [5.74, 6) is -1.37. The molecule has 0 aromatic heterocycles. The Morgan fingerprint density at radius 1 is 1.25 bits per heavy atom. The highest BCUT2D eigenvalue weighted by atomic mass is 32.2. The summed E-state index contributed by atoms with van der Waals surface area (Å²) in [6.45, 7) is 0.0954. The SMILES string of the molecule is CNS(=O)(=O)c1ccc(CCC(=O)N(CCOC)CC(=O)O)cc1. The highest BCUT2D eigenvalue weighted by Gasteiger charge is 2.16. The lowest BCUT2D eigenvalue weighted by Crippen LogP contribution is -2.38. The van der Waals surface area contributed by atoms with E-state index in [4.69, 9.17) is 9.84 Å². The highest BCUT2D eigenvalue weighted by molar-refractivity contribution is 7.89. The van der Waals surface area contributed by atoms with Gasteiger partial charge >= 0.3 is 5.97 Å². The number of nitrogens with zero attached hydrogens (tertiary/aromatic N) is 1. The van der Waals surface area contributed by atoms with Crippen LogP contribution in [0.3, 0.4) is 0 Å². The Labute approximate surface area is 141 Å². The van der Waals surface area contributed by atoms with Crippen LogP contribution in [0, 0.1) is 0 Å². The molecule has 0 radical (unpaired) electrons. The van der Waals surface area contributed by atoms with Gasteiger partial charge < -0.3 is 14.7 Å². The number of hydrogen-bond acceptors (Lipinski definition) is 5. The summed E-state index contributed by atoms with van der Waals surface area (Å²) in [6.07, 6.45) is 0.525. The monoisotopic (exact) mass is 358 g/mol. The van der Waals surface area contributed by atoms with Crippen LogP contribution in [-0.2, 0) is 30.8 Å². The number of ether oxygens (including phenoxy) is 1. The van der Waals surface area contributed by atoms with Crippen LogP contribution < -0.4 is 4.72 Å². The number of aliphatic carboxylic acids is 1. The van der Waals surface area contributed by atoms with E-state index >= 15 is 0 Å². The van der Waals surface area contributed by atoms with Crippen molar-refractivity contribution in [3.05, 3.63) is 29.8 Å². The topological polar surface area (TPSA) is 113 Å². The molecule has 24 heavy (non-hydrogen) atoms. The molecule has 8 nitrogen and oxygen atoms in total. The van der Waals surface area contributed by atoms with Gasteiger partial charge in [-0.05, 0) is 31.2 Å². The summed E-state index contributed by atoms with van der Waals surface area (Å²) in [5.41, 5.74) is 0.792. The van der Waals surface area contributed by atoms with Gasteiger partial charge in [0.1, 0.15) is 6.54 Å². The van der Waals surface area contributed by atoms with Crippen molar-refractivity contribution >= 4 is 21.9 Å². The third-order valence-electron chi connectivity index (χ3n) is 3.37. The number of nitrogens with one attached hydrogen (secondary N) is 1. The minimum absolute atomic E-state index is 0.134. The summed E-state index contributed by atoms with van der Waals surface area (Å²) in [7, 11) is -0.679. The maximum atomic E-state index is 12.1. The van der Waals surface area contributed by atoms with Crippen molar-refractivity contribution in [2.45, 2.75) is 17.7 Å². The van der Waals surface area contributed by atoms with Crippen LogP contribution >= 0.6 is 0 Å². The molecule has 1 rings (SSSR count). The Balaban J connectivity index is 2.66. The Bertz CT molecular complexity index is 657. The standard InChI is InChI=1S/C15H22N2O6S/c1-16-24(21,22)13-6-3-12(4-7-13)5-8-14(18)17(9-10-23-2)11-15(19)20/h3-4,6-7,16H,5,8-11H2,1-2H3,(H,19,20). The Kier molecular flexibility index (Phi) is 7.83. The fraction of sp³-hybridized carbons (Fsp3) is 0.467. The van der Waals surface area contributed by atoms with Gasteiger partial charge in [-0.2, -0.15) is 0 Å². The lowest BCUT2D eigenvalue weighted by Gasteiger charge is -2.20. The molecular formula is C15H22N2O6S. The Morgan fingerprint density at radius 2 is 1.88 bits per heavy atom. The van der Waals surface area contributed by atoms with E-state index in [1.165, 1.54) is 31.2 Å². The van der Waals surface area contributed by atoms with Gasteiger partial charge in [0.05, 0.1) is 11.5 Å². The number of carboxylic acids is 1. The van der Waals surface area contributed by atoms with Gasteiger partial charge in [0.25, 0.3) is 0 Å². The number of carbonyl (C=O) groups is 2. The first kappa shape index (κ1) is 20.1. The lowest BCUT2D eigenvalue weighted by atomic mass is 10.1. The highest BCUT2D eigenvalue weighted by Crippen LogP contribution is 2.12. The third-order valence-corrected chi connectivity index (χ3v) is 4.80. The molecule has 0 aliphatic heterocycles. The third kappa shape index (κ3) is 6.26. The summed E-state index contributed by atoms with van der Waals surface area (Å²) >= 11 is 0. The molecule has 1 aromatic rings. The van der Waals surface area contributed by atoms with E-state index in [1.54, 1.807) is 12.1 Å². The summed E-state index contributed by atoms with van der Waals surface area (Å²) in [6, 6.07) is 6.19. The maximum Gasteiger partial charge on any atom is 0.323 e. The minimum atomic E-state index is -3.49. The zero-order valence-electron chi connectivity index (χ0n) is 13.7. The van der Waals surface area contributed by atoms with Crippen molar-refractivity contribution in [2.75, 3.05) is 33.9 Å². The van der Waals surface area contributed by atoms with E-state index in [-0.39, 0.29) is 36.9 Å². The maximum absolute atomic E-state index is 12.1. The molecule has 0 unspecified atom stereocenters. The normalized spacial score (nSPS) is 11.2. The zero-order valence-corrected chi connectivity index (χ0v) is 14.5. The minimum Gasteiger partial charge on any atom is -0.480 e. The van der Waals surface area contributed by atoms with E-state index in [0.29, 0.717) is 6.42 Å². The molecule has 0 saturated carbocycles. The van der Waals surface area contributed by atoms with Crippen molar-refractivity contribution in [3.8, 4) is 0 Å². The smallest absolute Gasteiger partial charge is 0.323 e. The van der Waals surface area contributed by atoms with E-state index in [2.05, 4.69) is 4.72 Å². The van der Waals surface area contributed by atoms with E-state index in [9.17, 15) is 18.0 Å². The number of rotatable bonds is 10. The Hall–Kier alpha value is -1.97. The Morgan fingerprint density at radius 3 is 2.38 bits per heavy atom. The van der Waals surface area contributed by atoms with Crippen molar-refractivity contribution in [3.63, 3.8) is 0 Å². The fourth-order valence-electron chi connectivity index (χ4n) is 2.02. The molecule has 0 atom stereocenters. The number of methoxy groups -OCH3 is 1. The second-order valence-electron chi connectivity index (χ2n) is 5.05. The van der Waals surface area contributed by atoms with E-state index in [0.717, 1.165) is 5.56 Å². The van der Waals surface area contributed by atoms with E-state index < -0.39 is 16.0 Å². The van der Waals surface area contributed by atoms with Gasteiger partial charge in [0.15, 0.2) is 0 Å². The number of sulfonamides is 1. The van der Waals surface area contributed by atoms with Gasteiger partial charge in [0.2, 0.25) is 15.9 Å². The second kappa shape index (κ2) is 9.36. The predicted octanol–water partition coefficient (Wildman–Crippen LogP) is 0.0869. The van der Waals surface area contributed by atoms with E-state index in [1.807, 2.05) is 0 Å². The zero-order chi connectivity index (χ0) is 18.2. The molecule has 0 spiro atoms. The summed E-state index contributed by atoms with van der Waals surface area (Å²) in [4.78, 5) is 24.3. The van der Waals surface area contributed by atoms with Crippen LogP contribution in [0.5, 0.6) is 0 Å². The number of carboxylic acid groups (broad SMARTS) is 1. The molecule has 1 aromatic carbocycles. The van der Waals surface area contributed by atoms with Crippen LogP contribution in [0.15, 0.2) is 29.2 Å². The van der Waals surface area contributed by atoms with Crippen molar-refractivity contribution in [1.82, 2.24) is 9.62 Å². The molecule has 0 aliphatic rings. The number of amides is 1. The molecule has 0 saturated heterocycles. The summed E-state index contributed by atoms with van der Waals surface area (Å²) < 4.78 is 30.4. The van der Waals surface area contributed by atoms with Crippen LogP contribution in [-0.4, -0.2) is 64.2 Å². The van der Waals surface area contributed by atoms with Gasteiger partial charge in [-0.1, -0.05) is 12.1 Å². The first-order chi connectivity index (χ1) is 11.3. The molecule has 134 valence electrons. The van der Waals surface area contributed by atoms with Gasteiger partial charge in [0, 0.05) is 20.1 Å². The lowest BCUT2D eigenvalue weighted by molar-refractivity contribution is -0.144. The van der Waals surface area contributed by atoms with Crippen LogP contribution in [0.2, 0.25) is 0 Å². The quantitative estimate of drug-likeness (QED) is 0.613. The van der Waals surface area contributed by atoms with Crippen molar-refractivity contribution in [2.24, 2.45) is 0 Å². The average molecular weight is 358 g/mol. The van der Waals surface area contributed by atoms with Crippen molar-refractivity contribution in [1.29, 1.82) is 0 Å². The van der Waals surface area contributed by atoms with Crippen LogP contribution in [0.1, 0.15) is 12.0 Å². The number of hydrogen-bond donors (Lipinski definition) is 2. The molecule has 9 heteroatoms. The second-order valence-corrected chi connectivity index (χ2v) is 6.94.